The van der Waals surface area contributed by atoms with Gasteiger partial charge in [0.05, 0.1) is 0 Å². The number of aryl methyl sites for hydroxylation is 2. The van der Waals surface area contributed by atoms with Crippen molar-refractivity contribution in [2.45, 2.75) is 33.2 Å². The van der Waals surface area contributed by atoms with Crippen molar-refractivity contribution < 1.29 is 0 Å². The zero-order valence-electron chi connectivity index (χ0n) is 13.0. The van der Waals surface area contributed by atoms with Gasteiger partial charge in [0, 0.05) is 32.1 Å². The Hall–Kier alpha value is -1.88. The second-order valence-electron chi connectivity index (χ2n) is 5.99. The summed E-state index contributed by atoms with van der Waals surface area (Å²) in [6, 6.07) is 7.02. The van der Waals surface area contributed by atoms with Crippen molar-refractivity contribution in [3.63, 3.8) is 0 Å². The molecule has 0 spiro atoms. The van der Waals surface area contributed by atoms with Gasteiger partial charge in [-0.15, -0.1) is 5.10 Å². The van der Waals surface area contributed by atoms with E-state index in [-0.39, 0.29) is 0 Å². The quantitative estimate of drug-likeness (QED) is 0.903. The van der Waals surface area contributed by atoms with E-state index < -0.39 is 0 Å². The van der Waals surface area contributed by atoms with Crippen LogP contribution in [0.4, 0.5) is 5.95 Å². The van der Waals surface area contributed by atoms with E-state index in [0.29, 0.717) is 6.04 Å². The van der Waals surface area contributed by atoms with E-state index in [0.717, 1.165) is 37.8 Å². The van der Waals surface area contributed by atoms with E-state index in [9.17, 15) is 0 Å². The number of nitrogens with zero attached hydrogens (tertiary/aromatic N) is 3. The molecule has 1 fully saturated rings. The first-order chi connectivity index (χ1) is 10.1. The molecule has 0 bridgehead atoms. The molecule has 1 aromatic heterocycles. The summed E-state index contributed by atoms with van der Waals surface area (Å²) in [4.78, 5) is 6.91. The number of hydrogen-bond donors (Lipinski definition) is 2. The minimum absolute atomic E-state index is 0.486. The van der Waals surface area contributed by atoms with Gasteiger partial charge in [0.25, 0.3) is 0 Å². The second kappa shape index (κ2) is 5.85. The smallest absolute Gasteiger partial charge is 0.244 e. The number of piperazine rings is 1. The third kappa shape index (κ3) is 3.24. The first kappa shape index (κ1) is 14.1. The standard InChI is InChI=1S/C16H23N5/c1-11-4-5-12(2)14(8-11)9-15-18-16(20-19-15)21-7-6-17-13(3)10-21/h4-5,8,13,17H,6-7,9-10H2,1-3H3,(H,18,19,20)/t13-/m0/s1. The number of benzene rings is 1. The van der Waals surface area contributed by atoms with E-state index >= 15 is 0 Å². The molecule has 21 heavy (non-hydrogen) atoms. The van der Waals surface area contributed by atoms with Crippen LogP contribution in [0.15, 0.2) is 18.2 Å². The lowest BCUT2D eigenvalue weighted by atomic mass is 10.0. The molecule has 0 saturated carbocycles. The fourth-order valence-electron chi connectivity index (χ4n) is 2.79. The average Bonchev–Trinajstić information content (AvgIpc) is 2.91. The Morgan fingerprint density at radius 3 is 3.00 bits per heavy atom. The van der Waals surface area contributed by atoms with Gasteiger partial charge in [-0.2, -0.15) is 4.98 Å². The molecule has 5 heteroatoms. The van der Waals surface area contributed by atoms with Gasteiger partial charge in [-0.05, 0) is 31.9 Å². The van der Waals surface area contributed by atoms with Gasteiger partial charge in [-0.3, -0.25) is 5.10 Å². The Morgan fingerprint density at radius 1 is 1.33 bits per heavy atom. The maximum absolute atomic E-state index is 4.67. The van der Waals surface area contributed by atoms with Crippen molar-refractivity contribution in [3.8, 4) is 0 Å². The minimum Gasteiger partial charge on any atom is -0.337 e. The van der Waals surface area contributed by atoms with E-state index in [4.69, 9.17) is 0 Å². The molecule has 5 nitrogen and oxygen atoms in total. The maximum Gasteiger partial charge on any atom is 0.244 e. The normalized spacial score (nSPS) is 19.0. The molecule has 0 aliphatic carbocycles. The number of rotatable bonds is 3. The second-order valence-corrected chi connectivity index (χ2v) is 5.99. The molecule has 1 aliphatic heterocycles. The summed E-state index contributed by atoms with van der Waals surface area (Å²) in [5.41, 5.74) is 3.90. The maximum atomic E-state index is 4.67. The number of anilines is 1. The van der Waals surface area contributed by atoms with E-state index in [1.165, 1.54) is 16.7 Å². The molecule has 0 amide bonds. The van der Waals surface area contributed by atoms with Crippen LogP contribution in [-0.4, -0.2) is 40.9 Å². The van der Waals surface area contributed by atoms with E-state index in [2.05, 4.69) is 64.4 Å². The molecule has 1 aromatic carbocycles. The summed E-state index contributed by atoms with van der Waals surface area (Å²) in [5.74, 6) is 1.76. The van der Waals surface area contributed by atoms with Crippen LogP contribution in [-0.2, 0) is 6.42 Å². The zero-order valence-corrected chi connectivity index (χ0v) is 13.0. The Bertz CT molecular complexity index is 619. The van der Waals surface area contributed by atoms with Gasteiger partial charge in [-0.1, -0.05) is 23.8 Å². The molecule has 0 radical (unpaired) electrons. The van der Waals surface area contributed by atoms with Crippen molar-refractivity contribution in [2.24, 2.45) is 0 Å². The van der Waals surface area contributed by atoms with Crippen LogP contribution in [0.5, 0.6) is 0 Å². The van der Waals surface area contributed by atoms with Crippen LogP contribution < -0.4 is 10.2 Å². The fourth-order valence-corrected chi connectivity index (χ4v) is 2.79. The number of nitrogens with one attached hydrogen (secondary N) is 2. The monoisotopic (exact) mass is 285 g/mol. The number of H-pyrrole nitrogens is 1. The summed E-state index contributed by atoms with van der Waals surface area (Å²) < 4.78 is 0. The molecular weight excluding hydrogens is 262 g/mol. The molecule has 2 heterocycles. The number of aromatic nitrogens is 3. The van der Waals surface area contributed by atoms with Crippen LogP contribution in [0.3, 0.4) is 0 Å². The van der Waals surface area contributed by atoms with Gasteiger partial charge in [-0.25, -0.2) is 0 Å². The third-order valence-corrected chi connectivity index (χ3v) is 4.03. The van der Waals surface area contributed by atoms with Crippen molar-refractivity contribution in [2.75, 3.05) is 24.5 Å². The molecular formula is C16H23N5. The first-order valence-corrected chi connectivity index (χ1v) is 7.57. The molecule has 0 unspecified atom stereocenters. The highest BCUT2D eigenvalue weighted by atomic mass is 15.4. The Kier molecular flexibility index (Phi) is 3.92. The molecule has 1 atom stereocenters. The average molecular weight is 285 g/mol. The summed E-state index contributed by atoms with van der Waals surface area (Å²) in [6.45, 7) is 9.37. The van der Waals surface area contributed by atoms with Crippen molar-refractivity contribution >= 4 is 5.95 Å². The fraction of sp³-hybridized carbons (Fsp3) is 0.500. The first-order valence-electron chi connectivity index (χ1n) is 7.57. The van der Waals surface area contributed by atoms with Crippen molar-refractivity contribution in [1.29, 1.82) is 0 Å². The van der Waals surface area contributed by atoms with Gasteiger partial charge in [0.15, 0.2) is 0 Å². The highest BCUT2D eigenvalue weighted by Crippen LogP contribution is 2.16. The number of hydrogen-bond acceptors (Lipinski definition) is 4. The lowest BCUT2D eigenvalue weighted by Crippen LogP contribution is -2.49. The SMILES string of the molecule is Cc1ccc(C)c(Cc2nc(N3CCN[C@@H](C)C3)n[nH]2)c1. The molecule has 3 rings (SSSR count). The molecule has 112 valence electrons. The zero-order chi connectivity index (χ0) is 14.8. The van der Waals surface area contributed by atoms with Crippen molar-refractivity contribution in [3.05, 3.63) is 40.7 Å². The highest BCUT2D eigenvalue weighted by molar-refractivity contribution is 5.35. The van der Waals surface area contributed by atoms with E-state index in [1.807, 2.05) is 0 Å². The molecule has 1 aliphatic rings. The molecule has 1 saturated heterocycles. The Balaban J connectivity index is 1.74. The van der Waals surface area contributed by atoms with Gasteiger partial charge < -0.3 is 10.2 Å². The number of aromatic amines is 1. The minimum atomic E-state index is 0.486. The van der Waals surface area contributed by atoms with Gasteiger partial charge >= 0.3 is 0 Å². The van der Waals surface area contributed by atoms with Crippen LogP contribution in [0.2, 0.25) is 0 Å². The molecule has 2 aromatic rings. The summed E-state index contributed by atoms with van der Waals surface area (Å²) in [7, 11) is 0. The summed E-state index contributed by atoms with van der Waals surface area (Å²) in [5, 5.41) is 10.9. The van der Waals surface area contributed by atoms with E-state index in [1.54, 1.807) is 0 Å². The predicted octanol–water partition coefficient (Wildman–Crippen LogP) is 1.81. The van der Waals surface area contributed by atoms with Gasteiger partial charge in [0.1, 0.15) is 5.82 Å². The lowest BCUT2D eigenvalue weighted by molar-refractivity contribution is 0.480. The summed E-state index contributed by atoms with van der Waals surface area (Å²) >= 11 is 0. The van der Waals surface area contributed by atoms with Gasteiger partial charge in [0.2, 0.25) is 5.95 Å². The summed E-state index contributed by atoms with van der Waals surface area (Å²) in [6.07, 6.45) is 0.808. The Morgan fingerprint density at radius 2 is 2.19 bits per heavy atom. The van der Waals surface area contributed by atoms with Crippen LogP contribution in [0.1, 0.15) is 29.4 Å². The Labute approximate surface area is 125 Å². The van der Waals surface area contributed by atoms with Crippen LogP contribution in [0, 0.1) is 13.8 Å². The third-order valence-electron chi connectivity index (χ3n) is 4.03. The predicted molar refractivity (Wildman–Crippen MR) is 84.8 cm³/mol. The topological polar surface area (TPSA) is 56.8 Å². The lowest BCUT2D eigenvalue weighted by Gasteiger charge is -2.30. The highest BCUT2D eigenvalue weighted by Gasteiger charge is 2.19. The van der Waals surface area contributed by atoms with Crippen LogP contribution in [0.25, 0.3) is 0 Å². The van der Waals surface area contributed by atoms with Crippen LogP contribution >= 0.6 is 0 Å². The largest absolute Gasteiger partial charge is 0.337 e. The molecule has 2 N–H and O–H groups in total. The van der Waals surface area contributed by atoms with Crippen molar-refractivity contribution in [1.82, 2.24) is 20.5 Å².